The van der Waals surface area contributed by atoms with Crippen molar-refractivity contribution in [3.63, 3.8) is 0 Å². The number of carboxylic acids is 1. The van der Waals surface area contributed by atoms with Gasteiger partial charge in [-0.3, -0.25) is 0 Å². The van der Waals surface area contributed by atoms with Crippen molar-refractivity contribution < 1.29 is 14.6 Å². The van der Waals surface area contributed by atoms with E-state index in [1.807, 2.05) is 20.8 Å². The van der Waals surface area contributed by atoms with Crippen molar-refractivity contribution >= 4 is 5.97 Å². The molecule has 2 unspecified atom stereocenters. The van der Waals surface area contributed by atoms with Crippen molar-refractivity contribution in [2.24, 2.45) is 5.92 Å². The number of rotatable bonds is 4. The van der Waals surface area contributed by atoms with Crippen molar-refractivity contribution in [3.05, 3.63) is 0 Å². The number of carboxylic acid groups (broad SMARTS) is 1. The zero-order valence-electron chi connectivity index (χ0n) is 7.50. The highest BCUT2D eigenvalue weighted by Crippen LogP contribution is 2.07. The van der Waals surface area contributed by atoms with Crippen LogP contribution in [0, 0.1) is 5.92 Å². The van der Waals surface area contributed by atoms with Gasteiger partial charge in [-0.2, -0.15) is 0 Å². The van der Waals surface area contributed by atoms with Gasteiger partial charge in [0.05, 0.1) is 6.10 Å². The molecule has 0 aromatic rings. The molecule has 66 valence electrons. The fraction of sp³-hybridized carbons (Fsp3) is 0.875. The fourth-order valence-electron chi connectivity index (χ4n) is 0.537. The molecule has 0 bridgehead atoms. The van der Waals surface area contributed by atoms with Gasteiger partial charge in [0.2, 0.25) is 0 Å². The quantitative estimate of drug-likeness (QED) is 0.678. The second-order valence-electron chi connectivity index (χ2n) is 3.07. The molecule has 0 spiro atoms. The number of carbonyl (C=O) groups is 1. The Morgan fingerprint density at radius 2 is 1.73 bits per heavy atom. The third-order valence-electron chi connectivity index (χ3n) is 1.71. The van der Waals surface area contributed by atoms with E-state index in [0.717, 1.165) is 0 Å². The second-order valence-corrected chi connectivity index (χ2v) is 3.07. The highest BCUT2D eigenvalue weighted by Gasteiger charge is 2.16. The molecular formula is C8H16O3. The third-order valence-corrected chi connectivity index (χ3v) is 1.71. The monoisotopic (exact) mass is 160 g/mol. The molecule has 0 heterocycles. The fourth-order valence-corrected chi connectivity index (χ4v) is 0.537. The largest absolute Gasteiger partial charge is 0.479 e. The summed E-state index contributed by atoms with van der Waals surface area (Å²) in [6, 6.07) is 0. The van der Waals surface area contributed by atoms with E-state index in [2.05, 4.69) is 0 Å². The first-order valence-corrected chi connectivity index (χ1v) is 3.83. The van der Waals surface area contributed by atoms with Gasteiger partial charge in [-0.15, -0.1) is 0 Å². The van der Waals surface area contributed by atoms with Crippen molar-refractivity contribution in [1.29, 1.82) is 0 Å². The smallest absolute Gasteiger partial charge is 0.332 e. The predicted molar refractivity (Wildman–Crippen MR) is 42.5 cm³/mol. The van der Waals surface area contributed by atoms with Crippen molar-refractivity contribution in [2.45, 2.75) is 39.9 Å². The van der Waals surface area contributed by atoms with E-state index in [9.17, 15) is 4.79 Å². The van der Waals surface area contributed by atoms with Crippen LogP contribution in [0.5, 0.6) is 0 Å². The molecule has 0 aliphatic rings. The molecule has 2 atom stereocenters. The zero-order chi connectivity index (χ0) is 9.02. The minimum atomic E-state index is -0.905. The summed E-state index contributed by atoms with van der Waals surface area (Å²) in [4.78, 5) is 10.3. The molecular weight excluding hydrogens is 144 g/mol. The van der Waals surface area contributed by atoms with Crippen molar-refractivity contribution in [2.75, 3.05) is 0 Å². The Labute approximate surface area is 67.4 Å². The first-order chi connectivity index (χ1) is 4.95. The van der Waals surface area contributed by atoms with Crippen LogP contribution in [-0.2, 0) is 9.53 Å². The Morgan fingerprint density at radius 3 is 2.00 bits per heavy atom. The Morgan fingerprint density at radius 1 is 1.27 bits per heavy atom. The van der Waals surface area contributed by atoms with Gasteiger partial charge in [-0.05, 0) is 19.8 Å². The first-order valence-electron chi connectivity index (χ1n) is 3.83. The summed E-state index contributed by atoms with van der Waals surface area (Å²) in [7, 11) is 0. The van der Waals surface area contributed by atoms with Crippen LogP contribution in [0.4, 0.5) is 0 Å². The van der Waals surface area contributed by atoms with E-state index in [4.69, 9.17) is 9.84 Å². The van der Waals surface area contributed by atoms with Gasteiger partial charge in [0.15, 0.2) is 6.10 Å². The van der Waals surface area contributed by atoms with Gasteiger partial charge in [-0.25, -0.2) is 4.79 Å². The van der Waals surface area contributed by atoms with Gasteiger partial charge in [0, 0.05) is 0 Å². The summed E-state index contributed by atoms with van der Waals surface area (Å²) in [5.41, 5.74) is 0. The topological polar surface area (TPSA) is 46.5 Å². The van der Waals surface area contributed by atoms with E-state index in [1.165, 1.54) is 0 Å². The normalized spacial score (nSPS) is 16.5. The number of ether oxygens (including phenoxy) is 1. The van der Waals surface area contributed by atoms with E-state index in [1.54, 1.807) is 6.92 Å². The van der Waals surface area contributed by atoms with Crippen molar-refractivity contribution in [1.82, 2.24) is 0 Å². The van der Waals surface area contributed by atoms with E-state index < -0.39 is 12.1 Å². The predicted octanol–water partition coefficient (Wildman–Crippen LogP) is 1.52. The summed E-state index contributed by atoms with van der Waals surface area (Å²) in [5, 5.41) is 8.49. The minimum absolute atomic E-state index is 0.00102. The molecule has 3 heteroatoms. The lowest BCUT2D eigenvalue weighted by molar-refractivity contribution is -0.153. The molecule has 0 rings (SSSR count). The van der Waals surface area contributed by atoms with E-state index in [0.29, 0.717) is 5.92 Å². The van der Waals surface area contributed by atoms with Crippen LogP contribution in [0.3, 0.4) is 0 Å². The van der Waals surface area contributed by atoms with Gasteiger partial charge in [0.1, 0.15) is 0 Å². The maximum absolute atomic E-state index is 10.3. The molecule has 0 aliphatic carbocycles. The average molecular weight is 160 g/mol. The third kappa shape index (κ3) is 3.98. The van der Waals surface area contributed by atoms with Gasteiger partial charge >= 0.3 is 5.97 Å². The molecule has 0 aliphatic heterocycles. The van der Waals surface area contributed by atoms with Crippen LogP contribution in [0.25, 0.3) is 0 Å². The van der Waals surface area contributed by atoms with Crippen LogP contribution in [0.15, 0.2) is 0 Å². The highest BCUT2D eigenvalue weighted by molar-refractivity contribution is 5.71. The van der Waals surface area contributed by atoms with Crippen LogP contribution < -0.4 is 0 Å². The molecule has 11 heavy (non-hydrogen) atoms. The summed E-state index contributed by atoms with van der Waals surface area (Å²) in [5.74, 6) is -0.547. The molecule has 0 aromatic heterocycles. The Balaban J connectivity index is 3.75. The zero-order valence-corrected chi connectivity index (χ0v) is 7.50. The highest BCUT2D eigenvalue weighted by atomic mass is 16.5. The van der Waals surface area contributed by atoms with Crippen molar-refractivity contribution in [3.8, 4) is 0 Å². The molecule has 3 nitrogen and oxygen atoms in total. The second kappa shape index (κ2) is 4.34. The lowest BCUT2D eigenvalue weighted by Gasteiger charge is -2.18. The van der Waals surface area contributed by atoms with Crippen LogP contribution in [0.2, 0.25) is 0 Å². The van der Waals surface area contributed by atoms with Gasteiger partial charge in [0.25, 0.3) is 0 Å². The standard InChI is InChI=1S/C8H16O3/c1-5(2)6(3)11-7(4)8(9)10/h5-7H,1-4H3,(H,9,10). The van der Waals surface area contributed by atoms with Crippen LogP contribution in [0.1, 0.15) is 27.7 Å². The van der Waals surface area contributed by atoms with E-state index in [-0.39, 0.29) is 6.10 Å². The molecule has 0 saturated carbocycles. The minimum Gasteiger partial charge on any atom is -0.479 e. The lowest BCUT2D eigenvalue weighted by atomic mass is 10.1. The summed E-state index contributed by atoms with van der Waals surface area (Å²) >= 11 is 0. The molecule has 0 radical (unpaired) electrons. The van der Waals surface area contributed by atoms with Gasteiger partial charge in [-0.1, -0.05) is 13.8 Å². The number of hydrogen-bond acceptors (Lipinski definition) is 2. The molecule has 0 saturated heterocycles. The lowest BCUT2D eigenvalue weighted by Crippen LogP contribution is -2.27. The maximum Gasteiger partial charge on any atom is 0.332 e. The maximum atomic E-state index is 10.3. The Bertz CT molecular complexity index is 131. The average Bonchev–Trinajstić information content (AvgIpc) is 1.87. The first kappa shape index (κ1) is 10.4. The summed E-state index contributed by atoms with van der Waals surface area (Å²) in [6.07, 6.45) is -0.700. The van der Waals surface area contributed by atoms with Crippen LogP contribution in [-0.4, -0.2) is 23.3 Å². The molecule has 1 N–H and O–H groups in total. The SMILES string of the molecule is CC(OC(C)C(C)C)C(=O)O. The molecule has 0 fully saturated rings. The number of aliphatic carboxylic acids is 1. The van der Waals surface area contributed by atoms with E-state index >= 15 is 0 Å². The Kier molecular flexibility index (Phi) is 4.11. The van der Waals surface area contributed by atoms with Crippen LogP contribution >= 0.6 is 0 Å². The Hall–Kier alpha value is -0.570. The summed E-state index contributed by atoms with van der Waals surface area (Å²) in [6.45, 7) is 7.42. The molecule has 0 amide bonds. The number of hydrogen-bond donors (Lipinski definition) is 1. The summed E-state index contributed by atoms with van der Waals surface area (Å²) < 4.78 is 5.17. The van der Waals surface area contributed by atoms with Gasteiger partial charge < -0.3 is 9.84 Å². The molecule has 0 aromatic carbocycles.